The summed E-state index contributed by atoms with van der Waals surface area (Å²) in [6.45, 7) is 2.11. The van der Waals surface area contributed by atoms with Crippen molar-refractivity contribution in [1.82, 2.24) is 4.90 Å². The largest absolute Gasteiger partial charge is 0.472 e. The monoisotopic (exact) mass is 641 g/mol. The van der Waals surface area contributed by atoms with Crippen LogP contribution in [0.2, 0.25) is 10.0 Å². The van der Waals surface area contributed by atoms with Gasteiger partial charge in [-0.1, -0.05) is 41.4 Å². The van der Waals surface area contributed by atoms with Crippen molar-refractivity contribution in [3.8, 4) is 16.9 Å². The Balaban J connectivity index is 1.20. The number of fused-ring (bicyclic) bond motifs is 3. The molecule has 0 aromatic heterocycles. The Morgan fingerprint density at radius 3 is 2.39 bits per heavy atom. The van der Waals surface area contributed by atoms with Crippen LogP contribution >= 0.6 is 23.2 Å². The van der Waals surface area contributed by atoms with Gasteiger partial charge in [-0.15, -0.1) is 0 Å². The molecule has 7 rings (SSSR count). The number of ether oxygens (including phenoxy) is 3. The fourth-order valence-electron chi connectivity index (χ4n) is 6.66. The van der Waals surface area contributed by atoms with Gasteiger partial charge in [-0.2, -0.15) is 0 Å². The van der Waals surface area contributed by atoms with Crippen molar-refractivity contribution in [3.05, 3.63) is 75.0 Å². The van der Waals surface area contributed by atoms with E-state index in [0.29, 0.717) is 48.9 Å². The molecule has 0 aliphatic carbocycles. The van der Waals surface area contributed by atoms with Gasteiger partial charge in [-0.05, 0) is 37.1 Å². The van der Waals surface area contributed by atoms with Crippen LogP contribution in [0.15, 0.2) is 42.5 Å². The number of β-amino-alcohol motifs (C(OH)–C–C–N with tert-alkyl or cyclic N) is 1. The number of hydrogen-bond donors (Lipinski definition) is 1. The summed E-state index contributed by atoms with van der Waals surface area (Å²) in [6.07, 6.45) is 1.44. The van der Waals surface area contributed by atoms with E-state index >= 15 is 4.39 Å². The molecule has 4 heterocycles. The second-order valence-corrected chi connectivity index (χ2v) is 12.4. The number of amides is 1. The van der Waals surface area contributed by atoms with E-state index in [4.69, 9.17) is 37.4 Å². The Morgan fingerprint density at radius 2 is 1.73 bits per heavy atom. The van der Waals surface area contributed by atoms with Crippen LogP contribution in [0.4, 0.5) is 15.8 Å². The number of nitrogens with zero attached hydrogens (tertiary/aromatic N) is 3. The molecule has 3 saturated heterocycles. The van der Waals surface area contributed by atoms with Crippen LogP contribution in [-0.2, 0) is 16.0 Å². The van der Waals surface area contributed by atoms with Gasteiger partial charge in [-0.3, -0.25) is 4.79 Å². The molecule has 3 aromatic carbocycles. The maximum Gasteiger partial charge on any atom is 0.340 e. The Hall–Kier alpha value is -3.57. The zero-order valence-electron chi connectivity index (χ0n) is 23.9. The van der Waals surface area contributed by atoms with Crippen LogP contribution in [0.1, 0.15) is 39.1 Å². The zero-order valence-corrected chi connectivity index (χ0v) is 25.4. The highest BCUT2D eigenvalue weighted by atomic mass is 35.5. The number of hydrogen-bond acceptors (Lipinski definition) is 8. The fraction of sp³-hybridized carbons (Fsp3) is 0.375. The van der Waals surface area contributed by atoms with Crippen molar-refractivity contribution in [2.75, 3.05) is 49.9 Å². The quantitative estimate of drug-likeness (QED) is 0.384. The summed E-state index contributed by atoms with van der Waals surface area (Å²) >= 11 is 13.1. The van der Waals surface area contributed by atoms with E-state index in [1.165, 1.54) is 18.1 Å². The van der Waals surface area contributed by atoms with Crippen LogP contribution in [0.25, 0.3) is 11.1 Å². The Kier molecular flexibility index (Phi) is 7.56. The summed E-state index contributed by atoms with van der Waals surface area (Å²) in [4.78, 5) is 31.9. The summed E-state index contributed by atoms with van der Waals surface area (Å²) < 4.78 is 32.7. The molecule has 1 N–H and O–H groups in total. The lowest BCUT2D eigenvalue weighted by atomic mass is 9.96. The van der Waals surface area contributed by atoms with Crippen LogP contribution in [0, 0.1) is 5.82 Å². The molecule has 4 aliphatic heterocycles. The average Bonchev–Trinajstić information content (AvgIpc) is 3.24. The van der Waals surface area contributed by atoms with E-state index in [2.05, 4.69) is 4.90 Å². The highest BCUT2D eigenvalue weighted by molar-refractivity contribution is 6.40. The van der Waals surface area contributed by atoms with Gasteiger partial charge in [-0.25, -0.2) is 9.18 Å². The summed E-state index contributed by atoms with van der Waals surface area (Å²) in [7, 11) is 1.28. The standard InChI is InChI=1S/C32H30Cl2FN3O6/c1-42-32(41)24-9-27(35)23(10-28(24)38-18-5-6-19(38)15-43-14-18)22-4-2-3-17-11-37(16-44-30(17)22)31(40)29-25(33)7-20(8-26(29)34)36-12-21(39)13-36/h2-4,7-10,18-19,21,39H,5-6,11-16H2,1H3. The topological polar surface area (TPSA) is 91.8 Å². The zero-order chi connectivity index (χ0) is 30.7. The molecule has 1 amide bonds. The molecule has 3 fully saturated rings. The van der Waals surface area contributed by atoms with Crippen molar-refractivity contribution in [1.29, 1.82) is 0 Å². The van der Waals surface area contributed by atoms with Crippen molar-refractivity contribution in [2.45, 2.75) is 37.6 Å². The first-order chi connectivity index (χ1) is 21.2. The number of esters is 1. The minimum atomic E-state index is -0.607. The van der Waals surface area contributed by atoms with E-state index in [0.717, 1.165) is 18.5 Å². The lowest BCUT2D eigenvalue weighted by Crippen LogP contribution is -2.50. The number of rotatable bonds is 5. The number of methoxy groups -OCH3 is 1. The number of aliphatic hydroxyl groups excluding tert-OH is 1. The first-order valence-electron chi connectivity index (χ1n) is 14.5. The highest BCUT2D eigenvalue weighted by Crippen LogP contribution is 2.43. The lowest BCUT2D eigenvalue weighted by Gasteiger charge is -2.38. The number of carbonyl (C=O) groups is 2. The fourth-order valence-corrected chi connectivity index (χ4v) is 7.30. The molecular formula is C32H30Cl2FN3O6. The molecule has 230 valence electrons. The van der Waals surface area contributed by atoms with Crippen molar-refractivity contribution in [2.24, 2.45) is 0 Å². The molecule has 0 saturated carbocycles. The van der Waals surface area contributed by atoms with Crippen molar-refractivity contribution >= 4 is 46.5 Å². The van der Waals surface area contributed by atoms with Gasteiger partial charge in [0.05, 0.1) is 71.9 Å². The van der Waals surface area contributed by atoms with E-state index in [9.17, 15) is 14.7 Å². The van der Waals surface area contributed by atoms with Gasteiger partial charge < -0.3 is 34.0 Å². The first-order valence-corrected chi connectivity index (χ1v) is 15.2. The van der Waals surface area contributed by atoms with E-state index < -0.39 is 23.8 Å². The highest BCUT2D eigenvalue weighted by Gasteiger charge is 2.40. The summed E-state index contributed by atoms with van der Waals surface area (Å²) in [6, 6.07) is 11.8. The minimum Gasteiger partial charge on any atom is -0.472 e. The minimum absolute atomic E-state index is 0.0844. The molecule has 0 radical (unpaired) electrons. The summed E-state index contributed by atoms with van der Waals surface area (Å²) in [5.41, 5.74) is 3.15. The van der Waals surface area contributed by atoms with E-state index in [1.807, 2.05) is 11.0 Å². The van der Waals surface area contributed by atoms with Crippen LogP contribution < -0.4 is 14.5 Å². The number of anilines is 2. The second kappa shape index (κ2) is 11.4. The molecule has 2 atom stereocenters. The number of aliphatic hydroxyl groups is 1. The number of carbonyl (C=O) groups excluding carboxylic acids is 2. The van der Waals surface area contributed by atoms with Gasteiger partial charge in [0, 0.05) is 35.5 Å². The smallest absolute Gasteiger partial charge is 0.340 e. The molecule has 3 aromatic rings. The van der Waals surface area contributed by atoms with Gasteiger partial charge in [0.15, 0.2) is 6.73 Å². The third-order valence-electron chi connectivity index (χ3n) is 8.88. The van der Waals surface area contributed by atoms with Crippen molar-refractivity contribution in [3.63, 3.8) is 0 Å². The van der Waals surface area contributed by atoms with Crippen LogP contribution in [0.5, 0.6) is 5.75 Å². The van der Waals surface area contributed by atoms with Crippen LogP contribution in [0.3, 0.4) is 0 Å². The predicted octanol–water partition coefficient (Wildman–Crippen LogP) is 5.13. The molecule has 4 aliphatic rings. The average molecular weight is 643 g/mol. The second-order valence-electron chi connectivity index (χ2n) is 11.6. The molecular weight excluding hydrogens is 612 g/mol. The molecule has 9 nitrogen and oxygen atoms in total. The number of para-hydroxylation sites is 1. The van der Waals surface area contributed by atoms with Gasteiger partial charge >= 0.3 is 5.97 Å². The maximum absolute atomic E-state index is 15.8. The van der Waals surface area contributed by atoms with E-state index in [1.54, 1.807) is 30.3 Å². The SMILES string of the molecule is COC(=O)c1cc(F)c(-c2cccc3c2OCN(C(=O)c2c(Cl)cc(N4CC(O)C4)cc2Cl)C3)cc1N1C2CCC1COC2. The lowest BCUT2D eigenvalue weighted by molar-refractivity contribution is 0.0515. The normalized spacial score (nSPS) is 21.1. The van der Waals surface area contributed by atoms with Crippen molar-refractivity contribution < 1.29 is 33.3 Å². The first kappa shape index (κ1) is 29.2. The molecule has 0 spiro atoms. The molecule has 44 heavy (non-hydrogen) atoms. The number of benzene rings is 3. The number of morpholine rings is 1. The summed E-state index contributed by atoms with van der Waals surface area (Å²) in [5.74, 6) is -1.13. The third-order valence-corrected chi connectivity index (χ3v) is 9.47. The van der Waals surface area contributed by atoms with Gasteiger partial charge in [0.25, 0.3) is 5.91 Å². The number of halogens is 3. The van der Waals surface area contributed by atoms with Gasteiger partial charge in [0.2, 0.25) is 0 Å². The Morgan fingerprint density at radius 1 is 1.02 bits per heavy atom. The van der Waals surface area contributed by atoms with E-state index in [-0.39, 0.29) is 52.1 Å². The third kappa shape index (κ3) is 4.94. The van der Waals surface area contributed by atoms with Gasteiger partial charge in [0.1, 0.15) is 11.6 Å². The molecule has 2 bridgehead atoms. The van der Waals surface area contributed by atoms with Crippen LogP contribution in [-0.4, -0.2) is 80.2 Å². The molecule has 12 heteroatoms. The molecule has 2 unspecified atom stereocenters. The Bertz CT molecular complexity index is 1630. The summed E-state index contributed by atoms with van der Waals surface area (Å²) in [5, 5.41) is 10.0. The predicted molar refractivity (Wildman–Crippen MR) is 163 cm³/mol. The maximum atomic E-state index is 15.8. The Labute approximate surface area is 263 Å².